The highest BCUT2D eigenvalue weighted by atomic mass is 19.4. The number of hydrogen-bond donors (Lipinski definition) is 2. The van der Waals surface area contributed by atoms with Crippen LogP contribution in [0.25, 0.3) is 10.9 Å². The molecule has 0 spiro atoms. The molecule has 2 N–H and O–H groups in total. The van der Waals surface area contributed by atoms with Crippen LogP contribution < -0.4 is 5.32 Å². The summed E-state index contributed by atoms with van der Waals surface area (Å²) in [6.45, 7) is 0.806. The van der Waals surface area contributed by atoms with Gasteiger partial charge in [-0.15, -0.1) is 0 Å². The fourth-order valence-corrected chi connectivity index (χ4v) is 3.33. The molecule has 3 aromatic rings. The van der Waals surface area contributed by atoms with Crippen LogP contribution in [0.4, 0.5) is 13.2 Å². The first-order valence-electron chi connectivity index (χ1n) is 7.54. The lowest BCUT2D eigenvalue weighted by atomic mass is 9.94. The smallest absolute Gasteiger partial charge is 0.357 e. The van der Waals surface area contributed by atoms with Gasteiger partial charge in [-0.25, -0.2) is 0 Å². The molecule has 1 unspecified atom stereocenters. The second-order valence-corrected chi connectivity index (χ2v) is 5.82. The van der Waals surface area contributed by atoms with E-state index >= 15 is 0 Å². The zero-order chi connectivity index (χ0) is 16.0. The van der Waals surface area contributed by atoms with Crippen molar-refractivity contribution in [3.05, 3.63) is 70.9 Å². The summed E-state index contributed by atoms with van der Waals surface area (Å²) in [6, 6.07) is 13.4. The molecule has 118 valence electrons. The number of aromatic amines is 1. The lowest BCUT2D eigenvalue weighted by molar-refractivity contribution is -0.137. The molecule has 5 heteroatoms. The van der Waals surface area contributed by atoms with E-state index in [1.54, 1.807) is 12.1 Å². The summed E-state index contributed by atoms with van der Waals surface area (Å²) in [5.74, 6) is 0. The van der Waals surface area contributed by atoms with E-state index in [-0.39, 0.29) is 6.04 Å². The number of aromatic nitrogens is 1. The summed E-state index contributed by atoms with van der Waals surface area (Å²) >= 11 is 0. The Hall–Kier alpha value is -2.27. The van der Waals surface area contributed by atoms with E-state index in [1.807, 2.05) is 18.2 Å². The van der Waals surface area contributed by atoms with E-state index in [0.717, 1.165) is 41.9 Å². The van der Waals surface area contributed by atoms with Crippen molar-refractivity contribution in [3.8, 4) is 0 Å². The topological polar surface area (TPSA) is 27.8 Å². The van der Waals surface area contributed by atoms with E-state index in [2.05, 4.69) is 16.4 Å². The fraction of sp³-hybridized carbons (Fsp3) is 0.222. The number of hydrogen-bond acceptors (Lipinski definition) is 1. The number of H-pyrrole nitrogens is 1. The Labute approximate surface area is 131 Å². The molecule has 1 aliphatic heterocycles. The van der Waals surface area contributed by atoms with Crippen LogP contribution in [0, 0.1) is 0 Å². The molecule has 23 heavy (non-hydrogen) atoms. The van der Waals surface area contributed by atoms with Crippen molar-refractivity contribution in [2.45, 2.75) is 18.6 Å². The molecule has 0 fully saturated rings. The Balaban J connectivity index is 1.77. The van der Waals surface area contributed by atoms with Gasteiger partial charge in [-0.3, -0.25) is 0 Å². The molecule has 2 nitrogen and oxygen atoms in total. The SMILES string of the molecule is FC(F)(F)c1ccc(C2NCCc3c2[nH]c2ccccc32)cc1. The summed E-state index contributed by atoms with van der Waals surface area (Å²) in [7, 11) is 0. The molecule has 0 amide bonds. The third kappa shape index (κ3) is 2.41. The van der Waals surface area contributed by atoms with Gasteiger partial charge in [0.05, 0.1) is 11.6 Å². The van der Waals surface area contributed by atoms with E-state index in [4.69, 9.17) is 0 Å². The largest absolute Gasteiger partial charge is 0.416 e. The van der Waals surface area contributed by atoms with E-state index in [9.17, 15) is 13.2 Å². The number of alkyl halides is 3. The second kappa shape index (κ2) is 5.13. The van der Waals surface area contributed by atoms with Crippen LogP contribution in [0.5, 0.6) is 0 Å². The zero-order valence-corrected chi connectivity index (χ0v) is 12.2. The summed E-state index contributed by atoms with van der Waals surface area (Å²) in [5, 5.41) is 4.59. The molecule has 0 saturated heterocycles. The van der Waals surface area contributed by atoms with Crippen LogP contribution in [0.2, 0.25) is 0 Å². The van der Waals surface area contributed by atoms with Gasteiger partial charge in [0.2, 0.25) is 0 Å². The minimum Gasteiger partial charge on any atom is -0.357 e. The van der Waals surface area contributed by atoms with Crippen molar-refractivity contribution in [1.82, 2.24) is 10.3 Å². The van der Waals surface area contributed by atoms with Gasteiger partial charge in [0.1, 0.15) is 0 Å². The summed E-state index contributed by atoms with van der Waals surface area (Å²) in [6.07, 6.45) is -3.39. The quantitative estimate of drug-likeness (QED) is 0.683. The first-order valence-corrected chi connectivity index (χ1v) is 7.54. The van der Waals surface area contributed by atoms with Gasteiger partial charge in [-0.2, -0.15) is 13.2 Å². The fourth-order valence-electron chi connectivity index (χ4n) is 3.33. The minimum atomic E-state index is -4.30. The first kappa shape index (κ1) is 14.3. The highest BCUT2D eigenvalue weighted by molar-refractivity contribution is 5.85. The van der Waals surface area contributed by atoms with Gasteiger partial charge in [-0.05, 0) is 35.7 Å². The normalized spacial score (nSPS) is 18.1. The first-order chi connectivity index (χ1) is 11.0. The van der Waals surface area contributed by atoms with Gasteiger partial charge in [0, 0.05) is 23.1 Å². The van der Waals surface area contributed by atoms with Crippen molar-refractivity contribution < 1.29 is 13.2 Å². The lowest BCUT2D eigenvalue weighted by Crippen LogP contribution is -2.30. The average molecular weight is 316 g/mol. The molecule has 0 saturated carbocycles. The number of halogens is 3. The zero-order valence-electron chi connectivity index (χ0n) is 12.2. The Morgan fingerprint density at radius 2 is 1.70 bits per heavy atom. The van der Waals surface area contributed by atoms with Gasteiger partial charge in [-0.1, -0.05) is 30.3 Å². The van der Waals surface area contributed by atoms with Gasteiger partial charge in [0.15, 0.2) is 0 Å². The van der Waals surface area contributed by atoms with Crippen LogP contribution in [0.15, 0.2) is 48.5 Å². The molecule has 1 aliphatic rings. The van der Waals surface area contributed by atoms with Gasteiger partial charge in [0.25, 0.3) is 0 Å². The second-order valence-electron chi connectivity index (χ2n) is 5.82. The van der Waals surface area contributed by atoms with Crippen LogP contribution in [0.3, 0.4) is 0 Å². The van der Waals surface area contributed by atoms with Crippen LogP contribution in [-0.4, -0.2) is 11.5 Å². The Bertz CT molecular complexity index is 847. The van der Waals surface area contributed by atoms with Crippen molar-refractivity contribution in [2.24, 2.45) is 0 Å². The highest BCUT2D eigenvalue weighted by Crippen LogP contribution is 2.35. The van der Waals surface area contributed by atoms with Crippen LogP contribution >= 0.6 is 0 Å². The Kier molecular flexibility index (Phi) is 3.20. The maximum Gasteiger partial charge on any atom is 0.416 e. The van der Waals surface area contributed by atoms with Crippen LogP contribution in [-0.2, 0) is 12.6 Å². The molecule has 0 bridgehead atoms. The van der Waals surface area contributed by atoms with Gasteiger partial charge < -0.3 is 10.3 Å². The summed E-state index contributed by atoms with van der Waals surface area (Å²) in [5.41, 5.74) is 3.60. The molecule has 4 rings (SSSR count). The molecule has 1 aromatic heterocycles. The average Bonchev–Trinajstić information content (AvgIpc) is 2.93. The minimum absolute atomic E-state index is 0.103. The predicted octanol–water partition coefficient (Wildman–Crippen LogP) is 4.42. The van der Waals surface area contributed by atoms with Crippen molar-refractivity contribution in [3.63, 3.8) is 0 Å². The Morgan fingerprint density at radius 3 is 2.43 bits per heavy atom. The maximum absolute atomic E-state index is 12.7. The number of fused-ring (bicyclic) bond motifs is 3. The molecule has 0 radical (unpaired) electrons. The van der Waals surface area contributed by atoms with Gasteiger partial charge >= 0.3 is 6.18 Å². The molecule has 1 atom stereocenters. The number of rotatable bonds is 1. The Morgan fingerprint density at radius 1 is 0.957 bits per heavy atom. The molecule has 0 aliphatic carbocycles. The number of benzene rings is 2. The van der Waals surface area contributed by atoms with Crippen LogP contribution in [0.1, 0.15) is 28.4 Å². The number of para-hydroxylation sites is 1. The molecule has 2 heterocycles. The number of nitrogens with one attached hydrogen (secondary N) is 2. The van der Waals surface area contributed by atoms with Crippen molar-refractivity contribution in [1.29, 1.82) is 0 Å². The maximum atomic E-state index is 12.7. The third-order valence-electron chi connectivity index (χ3n) is 4.43. The van der Waals surface area contributed by atoms with E-state index in [0.29, 0.717) is 0 Å². The molecular formula is C18H15F3N2. The monoisotopic (exact) mass is 316 g/mol. The van der Waals surface area contributed by atoms with Crippen molar-refractivity contribution in [2.75, 3.05) is 6.54 Å². The standard InChI is InChI=1S/C18H15F3N2/c19-18(20,21)12-7-5-11(6-8-12)16-17-14(9-10-22-16)13-3-1-2-4-15(13)23-17/h1-8,16,22-23H,9-10H2. The van der Waals surface area contributed by atoms with E-state index < -0.39 is 11.7 Å². The summed E-state index contributed by atoms with van der Waals surface area (Å²) < 4.78 is 38.2. The van der Waals surface area contributed by atoms with Crippen molar-refractivity contribution >= 4 is 10.9 Å². The third-order valence-corrected chi connectivity index (χ3v) is 4.43. The lowest BCUT2D eigenvalue weighted by Gasteiger charge is -2.25. The highest BCUT2D eigenvalue weighted by Gasteiger charge is 2.31. The predicted molar refractivity (Wildman–Crippen MR) is 83.3 cm³/mol. The summed E-state index contributed by atoms with van der Waals surface area (Å²) in [4.78, 5) is 3.42. The molecular weight excluding hydrogens is 301 g/mol. The van der Waals surface area contributed by atoms with E-state index in [1.165, 1.54) is 10.9 Å². The molecule has 2 aromatic carbocycles.